The first-order valence-electron chi connectivity index (χ1n) is 11.0. The van der Waals surface area contributed by atoms with Gasteiger partial charge in [0.15, 0.2) is 5.82 Å². The lowest BCUT2D eigenvalue weighted by Gasteiger charge is -2.18. The summed E-state index contributed by atoms with van der Waals surface area (Å²) in [7, 11) is 1.78. The van der Waals surface area contributed by atoms with E-state index in [1.54, 1.807) is 48.9 Å². The number of carbonyl (C=O) groups is 1. The number of nitrogens with zero attached hydrogens (tertiary/aromatic N) is 5. The second-order valence-corrected chi connectivity index (χ2v) is 8.03. The van der Waals surface area contributed by atoms with Crippen LogP contribution in [-0.4, -0.2) is 32.9 Å². The van der Waals surface area contributed by atoms with Gasteiger partial charge in [0.2, 0.25) is 0 Å². The second kappa shape index (κ2) is 9.16. The molecule has 7 nitrogen and oxygen atoms in total. The Labute approximate surface area is 192 Å². The van der Waals surface area contributed by atoms with Gasteiger partial charge < -0.3 is 10.2 Å². The third-order valence-electron chi connectivity index (χ3n) is 5.89. The number of anilines is 2. The highest BCUT2D eigenvalue weighted by molar-refractivity contribution is 6.05. The number of hydrogen-bond donors (Lipinski definition) is 1. The quantitative estimate of drug-likeness (QED) is 0.485. The summed E-state index contributed by atoms with van der Waals surface area (Å²) >= 11 is 0. The standard InChI is InChI=1S/C26H24N6O/c1-32(26(33)20-11-15-28-16-12-20)21-7-5-18(6-8-21)17-29-25-22-3-2-4-23(22)30-24(31-25)19-9-13-27-14-10-19/h5-16H,2-4,17H2,1H3,(H,29,30,31). The molecule has 7 heteroatoms. The fourth-order valence-electron chi connectivity index (χ4n) is 4.04. The van der Waals surface area contributed by atoms with Crippen LogP contribution in [0.5, 0.6) is 0 Å². The predicted molar refractivity (Wildman–Crippen MR) is 128 cm³/mol. The van der Waals surface area contributed by atoms with Gasteiger partial charge in [-0.15, -0.1) is 0 Å². The molecular formula is C26H24N6O. The molecule has 0 saturated carbocycles. The van der Waals surface area contributed by atoms with Gasteiger partial charge in [-0.2, -0.15) is 0 Å². The molecule has 0 unspecified atom stereocenters. The molecule has 0 atom stereocenters. The topological polar surface area (TPSA) is 83.9 Å². The Morgan fingerprint density at radius 2 is 1.61 bits per heavy atom. The molecule has 0 saturated heterocycles. The monoisotopic (exact) mass is 436 g/mol. The molecule has 4 aromatic rings. The van der Waals surface area contributed by atoms with Gasteiger partial charge in [-0.25, -0.2) is 9.97 Å². The summed E-state index contributed by atoms with van der Waals surface area (Å²) in [5.74, 6) is 1.56. The molecule has 3 aromatic heterocycles. The lowest BCUT2D eigenvalue weighted by molar-refractivity contribution is 0.0993. The first-order valence-corrected chi connectivity index (χ1v) is 11.0. The third-order valence-corrected chi connectivity index (χ3v) is 5.89. The number of aryl methyl sites for hydroxylation is 1. The zero-order valence-electron chi connectivity index (χ0n) is 18.4. The number of benzene rings is 1. The summed E-state index contributed by atoms with van der Waals surface area (Å²) in [4.78, 5) is 32.0. The van der Waals surface area contributed by atoms with Gasteiger partial charge in [0.25, 0.3) is 5.91 Å². The maximum atomic E-state index is 12.7. The highest BCUT2D eigenvalue weighted by Crippen LogP contribution is 2.29. The Hall–Kier alpha value is -4.13. The van der Waals surface area contributed by atoms with Crippen LogP contribution in [0.15, 0.2) is 73.3 Å². The predicted octanol–water partition coefficient (Wildman–Crippen LogP) is 4.31. The van der Waals surface area contributed by atoms with Crippen LogP contribution in [0, 0.1) is 0 Å². The normalized spacial score (nSPS) is 12.3. The summed E-state index contributed by atoms with van der Waals surface area (Å²) in [6.07, 6.45) is 9.85. The van der Waals surface area contributed by atoms with Gasteiger partial charge in [0, 0.05) is 66.5 Å². The van der Waals surface area contributed by atoms with E-state index in [0.717, 1.165) is 53.4 Å². The minimum atomic E-state index is -0.0662. The van der Waals surface area contributed by atoms with E-state index in [4.69, 9.17) is 9.97 Å². The van der Waals surface area contributed by atoms with Crippen molar-refractivity contribution in [2.75, 3.05) is 17.3 Å². The molecule has 1 amide bonds. The number of aromatic nitrogens is 4. The molecule has 5 rings (SSSR count). The van der Waals surface area contributed by atoms with Gasteiger partial charge >= 0.3 is 0 Å². The number of amides is 1. The van der Waals surface area contributed by atoms with Crippen LogP contribution in [0.2, 0.25) is 0 Å². The Morgan fingerprint density at radius 1 is 0.909 bits per heavy atom. The van der Waals surface area contributed by atoms with E-state index in [-0.39, 0.29) is 5.91 Å². The SMILES string of the molecule is CN(C(=O)c1ccncc1)c1ccc(CNc2nc(-c3ccncc3)nc3c2CCC3)cc1. The van der Waals surface area contributed by atoms with Crippen molar-refractivity contribution < 1.29 is 4.79 Å². The van der Waals surface area contributed by atoms with Crippen LogP contribution in [0.3, 0.4) is 0 Å². The number of carbonyl (C=O) groups excluding carboxylic acids is 1. The Morgan fingerprint density at radius 3 is 2.33 bits per heavy atom. The van der Waals surface area contributed by atoms with Gasteiger partial charge in [0.05, 0.1) is 0 Å². The fraction of sp³-hybridized carbons (Fsp3) is 0.192. The molecule has 1 N–H and O–H groups in total. The van der Waals surface area contributed by atoms with Crippen molar-refractivity contribution >= 4 is 17.4 Å². The average molecular weight is 437 g/mol. The zero-order chi connectivity index (χ0) is 22.6. The summed E-state index contributed by atoms with van der Waals surface area (Å²) < 4.78 is 0. The zero-order valence-corrected chi connectivity index (χ0v) is 18.4. The number of pyridine rings is 2. The van der Waals surface area contributed by atoms with E-state index < -0.39 is 0 Å². The molecule has 3 heterocycles. The molecule has 1 aliphatic rings. The highest BCUT2D eigenvalue weighted by atomic mass is 16.2. The van der Waals surface area contributed by atoms with Crippen molar-refractivity contribution in [3.63, 3.8) is 0 Å². The lowest BCUT2D eigenvalue weighted by atomic mass is 10.1. The van der Waals surface area contributed by atoms with Gasteiger partial charge in [-0.1, -0.05) is 12.1 Å². The Kier molecular flexibility index (Phi) is 5.76. The van der Waals surface area contributed by atoms with E-state index in [1.807, 2.05) is 36.4 Å². The van der Waals surface area contributed by atoms with E-state index in [1.165, 1.54) is 5.56 Å². The van der Waals surface area contributed by atoms with E-state index in [0.29, 0.717) is 12.1 Å². The first-order chi connectivity index (χ1) is 16.2. The van der Waals surface area contributed by atoms with E-state index >= 15 is 0 Å². The Balaban J connectivity index is 1.31. The summed E-state index contributed by atoms with van der Waals surface area (Å²) in [6.45, 7) is 0.640. The summed E-state index contributed by atoms with van der Waals surface area (Å²) in [6, 6.07) is 15.3. The van der Waals surface area contributed by atoms with Crippen molar-refractivity contribution in [1.29, 1.82) is 0 Å². The van der Waals surface area contributed by atoms with Crippen LogP contribution in [0.1, 0.15) is 33.6 Å². The molecule has 0 spiro atoms. The molecule has 1 aromatic carbocycles. The first kappa shape index (κ1) is 20.8. The molecule has 0 bridgehead atoms. The van der Waals surface area contributed by atoms with E-state index in [2.05, 4.69) is 15.3 Å². The van der Waals surface area contributed by atoms with Crippen LogP contribution >= 0.6 is 0 Å². The van der Waals surface area contributed by atoms with Crippen LogP contribution in [0.4, 0.5) is 11.5 Å². The fourth-order valence-corrected chi connectivity index (χ4v) is 4.04. The van der Waals surface area contributed by atoms with Crippen LogP contribution in [-0.2, 0) is 19.4 Å². The smallest absolute Gasteiger partial charge is 0.258 e. The van der Waals surface area contributed by atoms with Crippen LogP contribution in [0.25, 0.3) is 11.4 Å². The van der Waals surface area contributed by atoms with Gasteiger partial charge in [-0.3, -0.25) is 14.8 Å². The maximum absolute atomic E-state index is 12.7. The summed E-state index contributed by atoms with van der Waals surface area (Å²) in [5, 5.41) is 3.51. The number of fused-ring (bicyclic) bond motifs is 1. The van der Waals surface area contributed by atoms with Crippen molar-refractivity contribution in [3.05, 3.63) is 95.7 Å². The maximum Gasteiger partial charge on any atom is 0.258 e. The molecule has 164 valence electrons. The largest absolute Gasteiger partial charge is 0.366 e. The molecule has 33 heavy (non-hydrogen) atoms. The molecule has 0 aliphatic heterocycles. The van der Waals surface area contributed by atoms with Crippen molar-refractivity contribution in [2.24, 2.45) is 0 Å². The molecular weight excluding hydrogens is 412 g/mol. The minimum absolute atomic E-state index is 0.0662. The van der Waals surface area contributed by atoms with E-state index in [9.17, 15) is 4.79 Å². The van der Waals surface area contributed by atoms with Crippen molar-refractivity contribution in [3.8, 4) is 11.4 Å². The van der Waals surface area contributed by atoms with Crippen LogP contribution < -0.4 is 10.2 Å². The second-order valence-electron chi connectivity index (χ2n) is 8.03. The van der Waals surface area contributed by atoms with Crippen molar-refractivity contribution in [2.45, 2.75) is 25.8 Å². The molecule has 0 radical (unpaired) electrons. The number of rotatable bonds is 6. The Bertz CT molecular complexity index is 1260. The third kappa shape index (κ3) is 4.43. The van der Waals surface area contributed by atoms with Crippen molar-refractivity contribution in [1.82, 2.24) is 19.9 Å². The molecule has 1 aliphatic carbocycles. The highest BCUT2D eigenvalue weighted by Gasteiger charge is 2.20. The van der Waals surface area contributed by atoms with Gasteiger partial charge in [0.1, 0.15) is 5.82 Å². The average Bonchev–Trinajstić information content (AvgIpc) is 3.37. The van der Waals surface area contributed by atoms with Gasteiger partial charge in [-0.05, 0) is 61.2 Å². The lowest BCUT2D eigenvalue weighted by Crippen LogP contribution is -2.26. The minimum Gasteiger partial charge on any atom is -0.366 e. The summed E-state index contributed by atoms with van der Waals surface area (Å²) in [5.41, 5.74) is 5.87. The molecule has 0 fully saturated rings. The number of hydrogen-bond acceptors (Lipinski definition) is 6. The number of nitrogens with one attached hydrogen (secondary N) is 1.